The van der Waals surface area contributed by atoms with Crippen LogP contribution in [0.3, 0.4) is 0 Å². The predicted molar refractivity (Wildman–Crippen MR) is 196 cm³/mol. The first-order valence-corrected chi connectivity index (χ1v) is 17.6. The van der Waals surface area contributed by atoms with Gasteiger partial charge in [-0.1, -0.05) is 72.8 Å². The van der Waals surface area contributed by atoms with Crippen LogP contribution < -0.4 is 15.6 Å². The van der Waals surface area contributed by atoms with Crippen molar-refractivity contribution < 1.29 is 27.5 Å². The first kappa shape index (κ1) is 35.4. The van der Waals surface area contributed by atoms with Crippen molar-refractivity contribution in [3.8, 4) is 0 Å². The van der Waals surface area contributed by atoms with Crippen molar-refractivity contribution in [3.05, 3.63) is 142 Å². The molecule has 52 heavy (non-hydrogen) atoms. The highest BCUT2D eigenvalue weighted by atomic mass is 32.2. The minimum atomic E-state index is -4.35. The summed E-state index contributed by atoms with van der Waals surface area (Å²) in [5.41, 5.74) is 9.12. The van der Waals surface area contributed by atoms with Crippen LogP contribution in [-0.2, 0) is 44.4 Å². The second-order valence-corrected chi connectivity index (χ2v) is 13.5. The number of esters is 1. The predicted octanol–water partition coefficient (Wildman–Crippen LogP) is 4.87. The van der Waals surface area contributed by atoms with Gasteiger partial charge in [0.05, 0.1) is 28.8 Å². The van der Waals surface area contributed by atoms with E-state index >= 15 is 0 Å². The van der Waals surface area contributed by atoms with E-state index in [2.05, 4.69) is 15.0 Å². The second kappa shape index (κ2) is 15.2. The molecule has 0 fully saturated rings. The average Bonchev–Trinajstić information content (AvgIpc) is 3.15. The molecule has 2 aromatic heterocycles. The van der Waals surface area contributed by atoms with Gasteiger partial charge in [0.2, 0.25) is 0 Å². The summed E-state index contributed by atoms with van der Waals surface area (Å²) in [6.07, 6.45) is 0.811. The number of anilines is 1. The lowest BCUT2D eigenvalue weighted by Crippen LogP contribution is -2.37. The van der Waals surface area contributed by atoms with Crippen molar-refractivity contribution in [2.45, 2.75) is 24.8 Å². The quantitative estimate of drug-likeness (QED) is 0.110. The van der Waals surface area contributed by atoms with Crippen molar-refractivity contribution in [2.24, 2.45) is 17.8 Å². The molecule has 4 aromatic carbocycles. The Bertz CT molecular complexity index is 2480. The summed E-state index contributed by atoms with van der Waals surface area (Å²) >= 11 is 0. The van der Waals surface area contributed by atoms with E-state index in [-0.39, 0.29) is 52.8 Å². The van der Waals surface area contributed by atoms with E-state index in [4.69, 9.17) is 15.2 Å². The third-order valence-corrected chi connectivity index (χ3v) is 10.0. The molecular formula is C38H34N6O7S. The van der Waals surface area contributed by atoms with E-state index in [1.54, 1.807) is 68.6 Å². The highest BCUT2D eigenvalue weighted by molar-refractivity contribution is 7.93. The number of nitrogens with zero attached hydrogens (tertiary/aromatic N) is 5. The maximum atomic E-state index is 14.2. The van der Waals surface area contributed by atoms with Gasteiger partial charge in [0.15, 0.2) is 0 Å². The number of para-hydroxylation sites is 1. The molecule has 1 amide bonds. The van der Waals surface area contributed by atoms with E-state index in [0.717, 1.165) is 15.4 Å². The van der Waals surface area contributed by atoms with Crippen molar-refractivity contribution in [1.82, 2.24) is 14.5 Å². The van der Waals surface area contributed by atoms with Crippen LogP contribution in [0.5, 0.6) is 0 Å². The Balaban J connectivity index is 1.29. The summed E-state index contributed by atoms with van der Waals surface area (Å²) in [6.45, 7) is 1.15. The van der Waals surface area contributed by atoms with Crippen LogP contribution >= 0.6 is 0 Å². The Hall–Kier alpha value is -6.41. The molecule has 0 unspecified atom stereocenters. The summed E-state index contributed by atoms with van der Waals surface area (Å²) in [5.74, 6) is -0.773. The van der Waals surface area contributed by atoms with Crippen LogP contribution in [0.25, 0.3) is 21.9 Å². The number of rotatable bonds is 11. The number of amidine groups is 1. The van der Waals surface area contributed by atoms with E-state index in [9.17, 15) is 22.8 Å². The molecule has 0 bridgehead atoms. The summed E-state index contributed by atoms with van der Waals surface area (Å²) in [5, 5.41) is 0.615. The number of carbonyl (C=O) groups excluding carboxylic acids is 2. The fourth-order valence-corrected chi connectivity index (χ4v) is 7.16. The van der Waals surface area contributed by atoms with Gasteiger partial charge in [-0.3, -0.25) is 18.9 Å². The number of ether oxygens (including phenoxy) is 2. The standard InChI is InChI=1S/C38H34N6O7S/c1-3-50-34(45)23-44(52(48,49)33-13-7-11-27-12-8-20-40-35(27)33)29-18-19-32-30(22-29)41-31(37(46)43(32)2)21-25-14-16-28(17-15-25)36(39)42-38(47)51-24-26-9-5-4-6-10-26/h4-20,22H,3,21,23-24H2,1-2H3,(H2,39,42,47). The largest absolute Gasteiger partial charge is 0.465 e. The lowest BCUT2D eigenvalue weighted by Gasteiger charge is -2.24. The van der Waals surface area contributed by atoms with Gasteiger partial charge >= 0.3 is 12.1 Å². The molecule has 6 aromatic rings. The summed E-state index contributed by atoms with van der Waals surface area (Å²) in [7, 11) is -2.75. The van der Waals surface area contributed by atoms with Crippen molar-refractivity contribution in [3.63, 3.8) is 0 Å². The number of carbonyl (C=O) groups is 2. The topological polar surface area (TPSA) is 176 Å². The van der Waals surface area contributed by atoms with Gasteiger partial charge in [-0.25, -0.2) is 18.2 Å². The fraction of sp³-hybridized carbons (Fsp3) is 0.158. The number of aromatic nitrogens is 3. The lowest BCUT2D eigenvalue weighted by molar-refractivity contribution is -0.141. The first-order valence-electron chi connectivity index (χ1n) is 16.2. The van der Waals surface area contributed by atoms with Crippen LogP contribution in [0.15, 0.2) is 124 Å². The molecule has 0 spiro atoms. The number of aryl methyl sites for hydroxylation is 1. The van der Waals surface area contributed by atoms with Crippen molar-refractivity contribution in [2.75, 3.05) is 17.5 Å². The van der Waals surface area contributed by atoms with Crippen LogP contribution in [0.1, 0.15) is 29.3 Å². The minimum absolute atomic E-state index is 0.0292. The minimum Gasteiger partial charge on any atom is -0.465 e. The van der Waals surface area contributed by atoms with Gasteiger partial charge in [0.25, 0.3) is 15.6 Å². The Kier molecular flexibility index (Phi) is 10.4. The van der Waals surface area contributed by atoms with Gasteiger partial charge in [-0.15, -0.1) is 0 Å². The zero-order valence-corrected chi connectivity index (χ0v) is 29.1. The number of hydrogen-bond acceptors (Lipinski definition) is 9. The molecule has 0 aliphatic heterocycles. The maximum Gasteiger partial charge on any atom is 0.435 e. The summed E-state index contributed by atoms with van der Waals surface area (Å²) in [4.78, 5) is 51.0. The molecule has 2 heterocycles. The van der Waals surface area contributed by atoms with E-state index in [0.29, 0.717) is 22.0 Å². The van der Waals surface area contributed by atoms with E-state index in [1.165, 1.54) is 29.0 Å². The van der Waals surface area contributed by atoms with Crippen LogP contribution in [0.4, 0.5) is 10.5 Å². The molecule has 264 valence electrons. The fourth-order valence-electron chi connectivity index (χ4n) is 5.59. The zero-order valence-electron chi connectivity index (χ0n) is 28.3. The molecule has 0 saturated heterocycles. The number of fused-ring (bicyclic) bond motifs is 2. The highest BCUT2D eigenvalue weighted by Crippen LogP contribution is 2.30. The average molecular weight is 719 g/mol. The molecule has 6 rings (SSSR count). The number of pyridine rings is 1. The molecular weight excluding hydrogens is 685 g/mol. The van der Waals surface area contributed by atoms with Gasteiger partial charge in [0.1, 0.15) is 29.6 Å². The molecule has 0 atom stereocenters. The van der Waals surface area contributed by atoms with Crippen molar-refractivity contribution in [1.29, 1.82) is 0 Å². The van der Waals surface area contributed by atoms with Gasteiger partial charge in [0, 0.05) is 30.6 Å². The zero-order chi connectivity index (χ0) is 36.8. The Morgan fingerprint density at radius 1 is 0.904 bits per heavy atom. The summed E-state index contributed by atoms with van der Waals surface area (Å²) < 4.78 is 41.2. The molecule has 2 N–H and O–H groups in total. The Labute approximate surface area is 299 Å². The normalized spacial score (nSPS) is 11.8. The van der Waals surface area contributed by atoms with E-state index < -0.39 is 28.6 Å². The van der Waals surface area contributed by atoms with E-state index in [1.807, 2.05) is 30.3 Å². The molecule has 0 aliphatic carbocycles. The third kappa shape index (κ3) is 7.66. The molecule has 0 aliphatic rings. The molecule has 14 heteroatoms. The number of sulfonamides is 1. The number of benzene rings is 4. The van der Waals surface area contributed by atoms with Crippen LogP contribution in [-0.4, -0.2) is 54.0 Å². The van der Waals surface area contributed by atoms with Crippen molar-refractivity contribution >= 4 is 55.5 Å². The maximum absolute atomic E-state index is 14.2. The Morgan fingerprint density at radius 3 is 2.40 bits per heavy atom. The van der Waals surface area contributed by atoms with Gasteiger partial charge in [-0.05, 0) is 48.4 Å². The SMILES string of the molecule is CCOC(=O)CN(c1ccc2c(c1)nc(Cc1ccc(C(N)=NC(=O)OCc3ccccc3)cc1)c(=O)n2C)S(=O)(=O)c1cccc2cccnc12. The number of hydrogen-bond donors (Lipinski definition) is 1. The smallest absolute Gasteiger partial charge is 0.435 e. The number of nitrogens with two attached hydrogens (primary N) is 1. The first-order chi connectivity index (χ1) is 25.0. The lowest BCUT2D eigenvalue weighted by atomic mass is 10.1. The molecule has 0 radical (unpaired) electrons. The highest BCUT2D eigenvalue weighted by Gasteiger charge is 2.30. The summed E-state index contributed by atoms with van der Waals surface area (Å²) in [6, 6.07) is 28.9. The monoisotopic (exact) mass is 718 g/mol. The third-order valence-electron chi connectivity index (χ3n) is 8.20. The number of aliphatic imine (C=N–C) groups is 1. The second-order valence-electron chi connectivity index (χ2n) is 11.7. The van der Waals surface area contributed by atoms with Gasteiger partial charge < -0.3 is 19.8 Å². The Morgan fingerprint density at radius 2 is 1.65 bits per heavy atom. The van der Waals surface area contributed by atoms with Gasteiger partial charge in [-0.2, -0.15) is 4.99 Å². The molecule has 0 saturated carbocycles. The van der Waals surface area contributed by atoms with Crippen LogP contribution in [0.2, 0.25) is 0 Å². The number of amides is 1. The molecule has 13 nitrogen and oxygen atoms in total. The van der Waals surface area contributed by atoms with Crippen LogP contribution in [0, 0.1) is 0 Å².